The van der Waals surface area contributed by atoms with E-state index in [0.717, 1.165) is 31.6 Å². The summed E-state index contributed by atoms with van der Waals surface area (Å²) in [5, 5.41) is 12.2. The van der Waals surface area contributed by atoms with Gasteiger partial charge in [0, 0.05) is 18.2 Å². The molecule has 2 N–H and O–H groups in total. The number of hydrogen-bond acceptors (Lipinski definition) is 3. The van der Waals surface area contributed by atoms with E-state index in [1.54, 1.807) is 6.07 Å². The molecule has 4 nitrogen and oxygen atoms in total. The lowest BCUT2D eigenvalue weighted by Gasteiger charge is -2.22. The number of pyridine rings is 1. The van der Waals surface area contributed by atoms with Crippen LogP contribution in [0.1, 0.15) is 34.8 Å². The number of halogens is 1. The lowest BCUT2D eigenvalue weighted by atomic mass is 9.95. The van der Waals surface area contributed by atoms with Crippen LogP contribution in [0.3, 0.4) is 0 Å². The normalized spacial score (nSPS) is 20.7. The Morgan fingerprint density at radius 3 is 2.94 bits per heavy atom. The van der Waals surface area contributed by atoms with Crippen LogP contribution in [0, 0.1) is 0 Å². The van der Waals surface area contributed by atoms with Gasteiger partial charge in [-0.05, 0) is 31.5 Å². The molecule has 1 aliphatic heterocycles. The van der Waals surface area contributed by atoms with Crippen LogP contribution in [0.15, 0.2) is 12.1 Å². The lowest BCUT2D eigenvalue weighted by Crippen LogP contribution is -2.28. The average molecular weight is 241 g/mol. The second kappa shape index (κ2) is 4.80. The summed E-state index contributed by atoms with van der Waals surface area (Å²) in [5.41, 5.74) is 0.941. The van der Waals surface area contributed by atoms with Crippen LogP contribution in [0.4, 0.5) is 0 Å². The predicted molar refractivity (Wildman–Crippen MR) is 61.1 cm³/mol. The topological polar surface area (TPSA) is 62.2 Å². The molecule has 1 aromatic heterocycles. The quantitative estimate of drug-likeness (QED) is 0.775. The van der Waals surface area contributed by atoms with Gasteiger partial charge in [0.2, 0.25) is 0 Å². The molecule has 2 rings (SSSR count). The predicted octanol–water partition coefficient (Wildman–Crippen LogP) is 1.90. The van der Waals surface area contributed by atoms with Crippen molar-refractivity contribution in [2.24, 2.45) is 0 Å². The van der Waals surface area contributed by atoms with Gasteiger partial charge in [-0.2, -0.15) is 0 Å². The number of rotatable bonds is 2. The summed E-state index contributed by atoms with van der Waals surface area (Å²) in [6.45, 7) is 1.92. The molecule has 1 saturated heterocycles. The molecule has 0 saturated carbocycles. The van der Waals surface area contributed by atoms with Crippen LogP contribution in [-0.4, -0.2) is 29.1 Å². The van der Waals surface area contributed by atoms with Gasteiger partial charge in [-0.1, -0.05) is 11.6 Å². The summed E-state index contributed by atoms with van der Waals surface area (Å²) in [7, 11) is 0. The first-order valence-corrected chi connectivity index (χ1v) is 5.66. The zero-order valence-electron chi connectivity index (χ0n) is 8.74. The zero-order chi connectivity index (χ0) is 11.5. The number of carboxylic acids is 1. The van der Waals surface area contributed by atoms with Crippen molar-refractivity contribution in [3.63, 3.8) is 0 Å². The first-order valence-electron chi connectivity index (χ1n) is 5.29. The van der Waals surface area contributed by atoms with Gasteiger partial charge >= 0.3 is 5.97 Å². The van der Waals surface area contributed by atoms with Crippen molar-refractivity contribution in [1.29, 1.82) is 0 Å². The fourth-order valence-electron chi connectivity index (χ4n) is 1.94. The maximum Gasteiger partial charge on any atom is 0.338 e. The second-order valence-corrected chi connectivity index (χ2v) is 4.28. The first kappa shape index (κ1) is 11.4. The van der Waals surface area contributed by atoms with Crippen molar-refractivity contribution >= 4 is 17.6 Å². The summed E-state index contributed by atoms with van der Waals surface area (Å²) in [6.07, 6.45) is 2.19. The number of carboxylic acid groups (broad SMARTS) is 1. The van der Waals surface area contributed by atoms with Gasteiger partial charge in [-0.25, -0.2) is 9.78 Å². The molecule has 16 heavy (non-hydrogen) atoms. The number of aromatic carboxylic acids is 1. The van der Waals surface area contributed by atoms with Gasteiger partial charge < -0.3 is 10.4 Å². The molecule has 0 bridgehead atoms. The van der Waals surface area contributed by atoms with Crippen LogP contribution >= 0.6 is 11.6 Å². The molecule has 86 valence electrons. The van der Waals surface area contributed by atoms with Crippen LogP contribution < -0.4 is 5.32 Å². The number of hydrogen-bond donors (Lipinski definition) is 2. The molecule has 1 atom stereocenters. The molecule has 1 fully saturated rings. The van der Waals surface area contributed by atoms with E-state index in [4.69, 9.17) is 16.7 Å². The molecule has 1 unspecified atom stereocenters. The van der Waals surface area contributed by atoms with Crippen LogP contribution in [0.2, 0.25) is 5.15 Å². The Morgan fingerprint density at radius 2 is 2.38 bits per heavy atom. The average Bonchev–Trinajstić information content (AvgIpc) is 2.29. The third-order valence-corrected chi connectivity index (χ3v) is 3.10. The fourth-order valence-corrected chi connectivity index (χ4v) is 2.18. The molecule has 5 heteroatoms. The van der Waals surface area contributed by atoms with Crippen LogP contribution in [0.25, 0.3) is 0 Å². The molecular weight excluding hydrogens is 228 g/mol. The van der Waals surface area contributed by atoms with Crippen molar-refractivity contribution < 1.29 is 9.90 Å². The minimum absolute atomic E-state index is 0.0641. The highest BCUT2D eigenvalue weighted by atomic mass is 35.5. The van der Waals surface area contributed by atoms with Gasteiger partial charge in [-0.3, -0.25) is 0 Å². The summed E-state index contributed by atoms with van der Waals surface area (Å²) < 4.78 is 0. The molecule has 1 aliphatic rings. The molecule has 1 aromatic rings. The van der Waals surface area contributed by atoms with Crippen molar-refractivity contribution in [3.8, 4) is 0 Å². The fraction of sp³-hybridized carbons (Fsp3) is 0.455. The molecule has 0 amide bonds. The molecular formula is C11H13ClN2O2. The standard InChI is InChI=1S/C11H13ClN2O2/c12-10-8(11(15)16)3-4-9(14-10)7-2-1-5-13-6-7/h3-4,7,13H,1-2,5-6H2,(H,15,16). The van der Waals surface area contributed by atoms with E-state index in [1.165, 1.54) is 6.07 Å². The van der Waals surface area contributed by atoms with Gasteiger partial charge in [0.05, 0.1) is 5.56 Å². The largest absolute Gasteiger partial charge is 0.478 e. The summed E-state index contributed by atoms with van der Waals surface area (Å²) in [6, 6.07) is 3.29. The number of nitrogens with zero attached hydrogens (tertiary/aromatic N) is 1. The van der Waals surface area contributed by atoms with Crippen molar-refractivity contribution in [1.82, 2.24) is 10.3 Å². The van der Waals surface area contributed by atoms with Gasteiger partial charge in [0.15, 0.2) is 0 Å². The Labute approximate surface area is 98.6 Å². The number of carbonyl (C=O) groups is 1. The second-order valence-electron chi connectivity index (χ2n) is 3.92. The Morgan fingerprint density at radius 1 is 1.56 bits per heavy atom. The molecule has 0 aromatic carbocycles. The smallest absolute Gasteiger partial charge is 0.338 e. The van der Waals surface area contributed by atoms with Gasteiger partial charge in [-0.15, -0.1) is 0 Å². The molecule has 0 spiro atoms. The Balaban J connectivity index is 2.23. The number of piperidine rings is 1. The number of nitrogens with one attached hydrogen (secondary N) is 1. The van der Waals surface area contributed by atoms with Crippen LogP contribution in [-0.2, 0) is 0 Å². The van der Waals surface area contributed by atoms with E-state index in [2.05, 4.69) is 10.3 Å². The van der Waals surface area contributed by atoms with E-state index in [9.17, 15) is 4.79 Å². The Kier molecular flexibility index (Phi) is 3.41. The highest BCUT2D eigenvalue weighted by Gasteiger charge is 2.18. The minimum atomic E-state index is -1.04. The van der Waals surface area contributed by atoms with Crippen molar-refractivity contribution in [2.75, 3.05) is 13.1 Å². The monoisotopic (exact) mass is 240 g/mol. The third-order valence-electron chi connectivity index (χ3n) is 2.82. The first-order chi connectivity index (χ1) is 7.68. The van der Waals surface area contributed by atoms with E-state index < -0.39 is 5.97 Å². The number of aromatic nitrogens is 1. The Hall–Kier alpha value is -1.13. The zero-order valence-corrected chi connectivity index (χ0v) is 9.50. The highest BCUT2D eigenvalue weighted by Crippen LogP contribution is 2.24. The van der Waals surface area contributed by atoms with Crippen LogP contribution in [0.5, 0.6) is 0 Å². The maximum absolute atomic E-state index is 10.8. The Bertz CT molecular complexity index is 403. The summed E-state index contributed by atoms with van der Waals surface area (Å²) in [5.74, 6) is -0.695. The molecule has 0 aliphatic carbocycles. The SMILES string of the molecule is O=C(O)c1ccc(C2CCCNC2)nc1Cl. The van der Waals surface area contributed by atoms with Crippen molar-refractivity contribution in [3.05, 3.63) is 28.5 Å². The molecule has 2 heterocycles. The molecule has 0 radical (unpaired) electrons. The van der Waals surface area contributed by atoms with E-state index in [0.29, 0.717) is 5.92 Å². The van der Waals surface area contributed by atoms with Gasteiger partial charge in [0.1, 0.15) is 5.15 Å². The third kappa shape index (κ3) is 2.33. The van der Waals surface area contributed by atoms with Crippen molar-refractivity contribution in [2.45, 2.75) is 18.8 Å². The maximum atomic E-state index is 10.8. The van der Waals surface area contributed by atoms with E-state index >= 15 is 0 Å². The van der Waals surface area contributed by atoms with E-state index in [-0.39, 0.29) is 10.7 Å². The van der Waals surface area contributed by atoms with E-state index in [1.807, 2.05) is 0 Å². The highest BCUT2D eigenvalue weighted by molar-refractivity contribution is 6.32. The summed E-state index contributed by atoms with van der Waals surface area (Å²) >= 11 is 5.83. The van der Waals surface area contributed by atoms with Gasteiger partial charge in [0.25, 0.3) is 0 Å². The summed E-state index contributed by atoms with van der Waals surface area (Å²) in [4.78, 5) is 14.9. The lowest BCUT2D eigenvalue weighted by molar-refractivity contribution is 0.0696. The minimum Gasteiger partial charge on any atom is -0.478 e.